The molecule has 5 heteroatoms. The van der Waals surface area contributed by atoms with E-state index in [-0.39, 0.29) is 6.10 Å². The van der Waals surface area contributed by atoms with Crippen LogP contribution in [0.4, 0.5) is 0 Å². The van der Waals surface area contributed by atoms with Crippen LogP contribution in [0.5, 0.6) is 5.88 Å². The van der Waals surface area contributed by atoms with Crippen LogP contribution in [0, 0.1) is 5.92 Å². The number of ether oxygens (including phenoxy) is 1. The minimum Gasteiger partial charge on any atom is -0.473 e. The molecule has 1 aliphatic rings. The first-order valence-corrected chi connectivity index (χ1v) is 6.06. The maximum absolute atomic E-state index is 11.2. The lowest BCUT2D eigenvalue weighted by Crippen LogP contribution is -2.22. The first-order chi connectivity index (χ1) is 8.06. The maximum Gasteiger partial charge on any atom is 0.255 e. The average molecular weight is 237 g/mol. The first-order valence-electron chi connectivity index (χ1n) is 6.06. The third-order valence-corrected chi connectivity index (χ3v) is 3.26. The summed E-state index contributed by atoms with van der Waals surface area (Å²) >= 11 is 0. The van der Waals surface area contributed by atoms with Crippen molar-refractivity contribution in [1.29, 1.82) is 0 Å². The number of nitrogens with zero attached hydrogens (tertiary/aromatic N) is 2. The lowest BCUT2D eigenvalue weighted by atomic mass is 9.82. The zero-order chi connectivity index (χ0) is 12.4. The fourth-order valence-electron chi connectivity index (χ4n) is 2.16. The monoisotopic (exact) mass is 237 g/mol. The van der Waals surface area contributed by atoms with Crippen molar-refractivity contribution in [3.8, 4) is 5.88 Å². The number of amides is 1. The Kier molecular flexibility index (Phi) is 3.36. The molecule has 1 saturated carbocycles. The maximum atomic E-state index is 11.2. The highest BCUT2D eigenvalue weighted by Gasteiger charge is 2.22. The van der Waals surface area contributed by atoms with Crippen molar-refractivity contribution in [3.63, 3.8) is 0 Å². The summed E-state index contributed by atoms with van der Waals surface area (Å²) in [5, 5.41) is 4.12. The Morgan fingerprint density at radius 2 is 2.41 bits per heavy atom. The van der Waals surface area contributed by atoms with Gasteiger partial charge in [-0.3, -0.25) is 9.48 Å². The highest BCUT2D eigenvalue weighted by molar-refractivity contribution is 5.94. The molecular weight excluding hydrogens is 218 g/mol. The summed E-state index contributed by atoms with van der Waals surface area (Å²) < 4.78 is 7.25. The number of carbonyl (C=O) groups excluding carboxylic acids is 1. The Morgan fingerprint density at radius 3 is 2.94 bits per heavy atom. The highest BCUT2D eigenvalue weighted by Crippen LogP contribution is 2.31. The van der Waals surface area contributed by atoms with Crippen LogP contribution in [0.15, 0.2) is 6.20 Å². The van der Waals surface area contributed by atoms with Crippen LogP contribution in [0.2, 0.25) is 0 Å². The Labute approximate surface area is 101 Å². The molecule has 1 amide bonds. The largest absolute Gasteiger partial charge is 0.473 e. The van der Waals surface area contributed by atoms with Gasteiger partial charge in [-0.25, -0.2) is 0 Å². The molecule has 2 N–H and O–H groups in total. The Bertz CT molecular complexity index is 410. The van der Waals surface area contributed by atoms with Gasteiger partial charge in [0, 0.05) is 13.2 Å². The molecule has 5 nitrogen and oxygen atoms in total. The number of primary amides is 1. The van der Waals surface area contributed by atoms with Crippen LogP contribution in [0.3, 0.4) is 0 Å². The van der Waals surface area contributed by atoms with Crippen molar-refractivity contribution < 1.29 is 9.53 Å². The second kappa shape index (κ2) is 4.77. The van der Waals surface area contributed by atoms with E-state index in [4.69, 9.17) is 10.5 Å². The molecule has 0 aromatic carbocycles. The Morgan fingerprint density at radius 1 is 1.71 bits per heavy atom. The fourth-order valence-corrected chi connectivity index (χ4v) is 2.16. The van der Waals surface area contributed by atoms with Gasteiger partial charge in [0.2, 0.25) is 5.88 Å². The summed E-state index contributed by atoms with van der Waals surface area (Å²) in [5.74, 6) is 0.626. The molecule has 0 spiro atoms. The Balaban J connectivity index is 1.98. The van der Waals surface area contributed by atoms with E-state index in [9.17, 15) is 4.79 Å². The van der Waals surface area contributed by atoms with E-state index in [1.807, 2.05) is 6.92 Å². The molecular formula is C12H19N3O2. The number of hydrogen-bond donors (Lipinski definition) is 1. The third-order valence-electron chi connectivity index (χ3n) is 3.26. The molecule has 1 fully saturated rings. The van der Waals surface area contributed by atoms with Crippen molar-refractivity contribution >= 4 is 5.91 Å². The molecule has 0 saturated heterocycles. The van der Waals surface area contributed by atoms with E-state index in [1.54, 1.807) is 17.9 Å². The average Bonchev–Trinajstić information content (AvgIpc) is 2.53. The molecule has 0 unspecified atom stereocenters. The number of aromatic nitrogens is 2. The summed E-state index contributed by atoms with van der Waals surface area (Å²) in [6.45, 7) is 2.01. The predicted molar refractivity (Wildman–Crippen MR) is 63.8 cm³/mol. The van der Waals surface area contributed by atoms with Crippen molar-refractivity contribution in [2.24, 2.45) is 18.7 Å². The van der Waals surface area contributed by atoms with Gasteiger partial charge in [0.25, 0.3) is 5.91 Å². The SMILES string of the molecule is C[C@@H](CC1CCC1)Oc1nn(C)cc1C(N)=O. The minimum absolute atomic E-state index is 0.0771. The van der Waals surface area contributed by atoms with Crippen LogP contribution in [-0.4, -0.2) is 21.8 Å². The summed E-state index contributed by atoms with van der Waals surface area (Å²) in [7, 11) is 1.75. The van der Waals surface area contributed by atoms with Gasteiger partial charge in [-0.15, -0.1) is 5.10 Å². The molecule has 0 radical (unpaired) electrons. The standard InChI is InChI=1S/C12H19N3O2/c1-8(6-9-4-3-5-9)17-12-10(11(13)16)7-15(2)14-12/h7-9H,3-6H2,1-2H3,(H2,13,16)/t8-/m0/s1. The van der Waals surface area contributed by atoms with E-state index >= 15 is 0 Å². The van der Waals surface area contributed by atoms with Crippen LogP contribution in [0.1, 0.15) is 43.0 Å². The van der Waals surface area contributed by atoms with E-state index in [1.165, 1.54) is 19.3 Å². The fraction of sp³-hybridized carbons (Fsp3) is 0.667. The summed E-state index contributed by atoms with van der Waals surface area (Å²) in [6.07, 6.45) is 6.60. The van der Waals surface area contributed by atoms with Crippen LogP contribution >= 0.6 is 0 Å². The van der Waals surface area contributed by atoms with Crippen molar-refractivity contribution in [2.45, 2.75) is 38.7 Å². The van der Waals surface area contributed by atoms with E-state index in [0.717, 1.165) is 12.3 Å². The van der Waals surface area contributed by atoms with Gasteiger partial charge < -0.3 is 10.5 Å². The van der Waals surface area contributed by atoms with Gasteiger partial charge in [0.05, 0.1) is 6.10 Å². The molecule has 94 valence electrons. The molecule has 0 aliphatic heterocycles. The van der Waals surface area contributed by atoms with Gasteiger partial charge in [0.1, 0.15) is 5.56 Å². The van der Waals surface area contributed by atoms with Crippen molar-refractivity contribution in [1.82, 2.24) is 9.78 Å². The number of carbonyl (C=O) groups is 1. The normalized spacial score (nSPS) is 17.5. The molecule has 2 rings (SSSR count). The van der Waals surface area contributed by atoms with E-state index < -0.39 is 5.91 Å². The number of nitrogens with two attached hydrogens (primary N) is 1. The molecule has 1 aromatic rings. The van der Waals surface area contributed by atoms with Gasteiger partial charge in [-0.05, 0) is 19.3 Å². The summed E-state index contributed by atoms with van der Waals surface area (Å²) in [5.41, 5.74) is 5.62. The van der Waals surface area contributed by atoms with Crippen LogP contribution in [-0.2, 0) is 7.05 Å². The van der Waals surface area contributed by atoms with Crippen molar-refractivity contribution in [2.75, 3.05) is 0 Å². The second-order valence-electron chi connectivity index (χ2n) is 4.85. The topological polar surface area (TPSA) is 70.1 Å². The quantitative estimate of drug-likeness (QED) is 0.843. The molecule has 1 aliphatic carbocycles. The molecule has 1 heterocycles. The van der Waals surface area contributed by atoms with Crippen molar-refractivity contribution in [3.05, 3.63) is 11.8 Å². The van der Waals surface area contributed by atoms with Crippen LogP contribution < -0.4 is 10.5 Å². The number of aryl methyl sites for hydroxylation is 1. The predicted octanol–water partition coefficient (Wildman–Crippen LogP) is 1.48. The smallest absolute Gasteiger partial charge is 0.255 e. The number of rotatable bonds is 5. The zero-order valence-corrected chi connectivity index (χ0v) is 10.3. The first kappa shape index (κ1) is 12.0. The molecule has 0 bridgehead atoms. The summed E-state index contributed by atoms with van der Waals surface area (Å²) in [6, 6.07) is 0. The zero-order valence-electron chi connectivity index (χ0n) is 10.3. The lowest BCUT2D eigenvalue weighted by Gasteiger charge is -2.27. The van der Waals surface area contributed by atoms with Gasteiger partial charge in [0.15, 0.2) is 0 Å². The van der Waals surface area contributed by atoms with Gasteiger partial charge >= 0.3 is 0 Å². The minimum atomic E-state index is -0.496. The number of hydrogen-bond acceptors (Lipinski definition) is 3. The lowest BCUT2D eigenvalue weighted by molar-refractivity contribution is 0.0989. The highest BCUT2D eigenvalue weighted by atomic mass is 16.5. The summed E-state index contributed by atoms with van der Waals surface area (Å²) in [4.78, 5) is 11.2. The van der Waals surface area contributed by atoms with Gasteiger partial charge in [-0.1, -0.05) is 19.3 Å². The van der Waals surface area contributed by atoms with Crippen LogP contribution in [0.25, 0.3) is 0 Å². The Hall–Kier alpha value is -1.52. The second-order valence-corrected chi connectivity index (χ2v) is 4.85. The molecule has 1 aromatic heterocycles. The molecule has 1 atom stereocenters. The van der Waals surface area contributed by atoms with Gasteiger partial charge in [-0.2, -0.15) is 0 Å². The van der Waals surface area contributed by atoms with E-state index in [2.05, 4.69) is 5.10 Å². The van der Waals surface area contributed by atoms with E-state index in [0.29, 0.717) is 11.4 Å². The molecule has 17 heavy (non-hydrogen) atoms. The third kappa shape index (κ3) is 2.78.